The van der Waals surface area contributed by atoms with Crippen molar-refractivity contribution in [3.05, 3.63) is 0 Å². The highest BCUT2D eigenvalue weighted by atomic mass is 35.5. The average Bonchev–Trinajstić information content (AvgIpc) is 1.88. The Bertz CT molecular complexity index is 75.7. The van der Waals surface area contributed by atoms with E-state index in [1.807, 2.05) is 0 Å². The van der Waals surface area contributed by atoms with Gasteiger partial charge in [-0.05, 0) is 25.9 Å². The third kappa shape index (κ3) is 5.07. The van der Waals surface area contributed by atoms with Gasteiger partial charge in [-0.3, -0.25) is 0 Å². The van der Waals surface area contributed by atoms with Crippen molar-refractivity contribution >= 4 is 11.6 Å². The molecule has 1 nitrogen and oxygen atoms in total. The molecule has 0 radical (unpaired) electrons. The Balaban J connectivity index is 3.27. The molecule has 0 rings (SSSR count). The van der Waals surface area contributed by atoms with Crippen molar-refractivity contribution in [1.82, 2.24) is 4.90 Å². The topological polar surface area (TPSA) is 3.24 Å². The fourth-order valence-corrected chi connectivity index (χ4v) is 1.15. The van der Waals surface area contributed by atoms with Gasteiger partial charge in [-0.25, -0.2) is 0 Å². The highest BCUT2D eigenvalue weighted by Crippen LogP contribution is 2.00. The first-order chi connectivity index (χ1) is 4.70. The summed E-state index contributed by atoms with van der Waals surface area (Å²) in [6, 6.07) is 0. The van der Waals surface area contributed by atoms with Gasteiger partial charge in [0, 0.05) is 12.4 Å². The van der Waals surface area contributed by atoms with Gasteiger partial charge < -0.3 is 4.90 Å². The van der Waals surface area contributed by atoms with Crippen LogP contribution in [0.2, 0.25) is 0 Å². The lowest BCUT2D eigenvalue weighted by molar-refractivity contribution is 0.298. The predicted molar refractivity (Wildman–Crippen MR) is 47.7 cm³/mol. The third-order valence-corrected chi connectivity index (χ3v) is 2.02. The van der Waals surface area contributed by atoms with Crippen LogP contribution in [-0.4, -0.2) is 30.9 Å². The summed E-state index contributed by atoms with van der Waals surface area (Å²) in [6.45, 7) is 6.68. The number of halogens is 1. The Kier molecular flexibility index (Phi) is 6.14. The van der Waals surface area contributed by atoms with Gasteiger partial charge in [0.2, 0.25) is 0 Å². The van der Waals surface area contributed by atoms with Gasteiger partial charge in [0.1, 0.15) is 0 Å². The Labute approximate surface area is 69.4 Å². The minimum Gasteiger partial charge on any atom is -0.306 e. The largest absolute Gasteiger partial charge is 0.306 e. The fraction of sp³-hybridized carbons (Fsp3) is 1.00. The van der Waals surface area contributed by atoms with E-state index >= 15 is 0 Å². The van der Waals surface area contributed by atoms with Gasteiger partial charge in [-0.15, -0.1) is 11.6 Å². The molecule has 10 heavy (non-hydrogen) atoms. The lowest BCUT2D eigenvalue weighted by atomic mass is 10.2. The zero-order valence-electron chi connectivity index (χ0n) is 7.23. The smallest absolute Gasteiger partial charge is 0.0261 e. The molecule has 0 fully saturated rings. The standard InChI is InChI=1S/C8H18ClN/c1-4-5-10(3)7-8(2)6-9/h8H,4-7H2,1-3H3. The zero-order chi connectivity index (χ0) is 7.98. The quantitative estimate of drug-likeness (QED) is 0.562. The molecule has 0 heterocycles. The van der Waals surface area contributed by atoms with E-state index in [2.05, 4.69) is 25.8 Å². The van der Waals surface area contributed by atoms with Gasteiger partial charge in [-0.1, -0.05) is 13.8 Å². The van der Waals surface area contributed by atoms with Gasteiger partial charge in [0.15, 0.2) is 0 Å². The van der Waals surface area contributed by atoms with Crippen LogP contribution in [0, 0.1) is 5.92 Å². The molecular formula is C8H18ClN. The molecule has 0 N–H and O–H groups in total. The molecule has 0 saturated carbocycles. The SMILES string of the molecule is CCCN(C)CC(C)CCl. The molecule has 0 aliphatic rings. The van der Waals surface area contributed by atoms with Crippen LogP contribution < -0.4 is 0 Å². The molecule has 0 aromatic carbocycles. The molecule has 0 amide bonds. The average molecular weight is 164 g/mol. The van der Waals surface area contributed by atoms with E-state index in [0.717, 1.165) is 12.4 Å². The fourth-order valence-electron chi connectivity index (χ4n) is 1.05. The first kappa shape index (κ1) is 10.2. The second-order valence-electron chi connectivity index (χ2n) is 3.02. The maximum absolute atomic E-state index is 5.67. The van der Waals surface area contributed by atoms with Crippen LogP contribution in [0.4, 0.5) is 0 Å². The summed E-state index contributed by atoms with van der Waals surface area (Å²) in [6.07, 6.45) is 1.23. The van der Waals surface area contributed by atoms with E-state index in [1.165, 1.54) is 13.0 Å². The second-order valence-corrected chi connectivity index (χ2v) is 3.33. The Morgan fingerprint density at radius 1 is 1.50 bits per heavy atom. The number of alkyl halides is 1. The number of nitrogens with zero attached hydrogens (tertiary/aromatic N) is 1. The van der Waals surface area contributed by atoms with Crippen LogP contribution in [0.3, 0.4) is 0 Å². The molecule has 0 saturated heterocycles. The van der Waals surface area contributed by atoms with Crippen LogP contribution in [0.25, 0.3) is 0 Å². The Hall–Kier alpha value is 0.250. The van der Waals surface area contributed by atoms with E-state index in [-0.39, 0.29) is 0 Å². The summed E-state index contributed by atoms with van der Waals surface area (Å²) in [4.78, 5) is 2.33. The lowest BCUT2D eigenvalue weighted by Crippen LogP contribution is -2.25. The summed E-state index contributed by atoms with van der Waals surface area (Å²) >= 11 is 5.67. The summed E-state index contributed by atoms with van der Waals surface area (Å²) in [7, 11) is 2.15. The maximum atomic E-state index is 5.67. The minimum absolute atomic E-state index is 0.623. The van der Waals surface area contributed by atoms with E-state index in [1.54, 1.807) is 0 Å². The Morgan fingerprint density at radius 3 is 2.50 bits per heavy atom. The van der Waals surface area contributed by atoms with Crippen molar-refractivity contribution in [2.75, 3.05) is 26.0 Å². The minimum atomic E-state index is 0.623. The van der Waals surface area contributed by atoms with Crippen LogP contribution in [0.1, 0.15) is 20.3 Å². The first-order valence-electron chi connectivity index (χ1n) is 3.95. The summed E-state index contributed by atoms with van der Waals surface area (Å²) in [5, 5.41) is 0. The molecule has 0 aliphatic heterocycles. The Morgan fingerprint density at radius 2 is 2.10 bits per heavy atom. The van der Waals surface area contributed by atoms with Crippen LogP contribution in [-0.2, 0) is 0 Å². The van der Waals surface area contributed by atoms with Crippen molar-refractivity contribution in [2.45, 2.75) is 20.3 Å². The van der Waals surface area contributed by atoms with Crippen molar-refractivity contribution in [3.63, 3.8) is 0 Å². The molecule has 0 aliphatic carbocycles. The number of hydrogen-bond acceptors (Lipinski definition) is 1. The first-order valence-corrected chi connectivity index (χ1v) is 4.48. The zero-order valence-corrected chi connectivity index (χ0v) is 7.99. The van der Waals surface area contributed by atoms with Crippen molar-refractivity contribution in [3.8, 4) is 0 Å². The molecule has 1 unspecified atom stereocenters. The molecule has 1 atom stereocenters. The third-order valence-electron chi connectivity index (χ3n) is 1.49. The van der Waals surface area contributed by atoms with E-state index in [0.29, 0.717) is 5.92 Å². The molecule has 0 spiro atoms. The highest BCUT2D eigenvalue weighted by Gasteiger charge is 2.02. The van der Waals surface area contributed by atoms with Crippen LogP contribution >= 0.6 is 11.6 Å². The monoisotopic (exact) mass is 163 g/mol. The van der Waals surface area contributed by atoms with Crippen LogP contribution in [0.15, 0.2) is 0 Å². The van der Waals surface area contributed by atoms with Gasteiger partial charge in [-0.2, -0.15) is 0 Å². The second kappa shape index (κ2) is 5.99. The van der Waals surface area contributed by atoms with E-state index in [4.69, 9.17) is 11.6 Å². The van der Waals surface area contributed by atoms with Gasteiger partial charge >= 0.3 is 0 Å². The van der Waals surface area contributed by atoms with Crippen LogP contribution in [0.5, 0.6) is 0 Å². The molecular weight excluding hydrogens is 146 g/mol. The number of rotatable bonds is 5. The summed E-state index contributed by atoms with van der Waals surface area (Å²) in [5.74, 6) is 1.40. The summed E-state index contributed by atoms with van der Waals surface area (Å²) in [5.41, 5.74) is 0. The lowest BCUT2D eigenvalue weighted by Gasteiger charge is -2.18. The van der Waals surface area contributed by atoms with E-state index in [9.17, 15) is 0 Å². The van der Waals surface area contributed by atoms with E-state index < -0.39 is 0 Å². The van der Waals surface area contributed by atoms with Crippen molar-refractivity contribution < 1.29 is 0 Å². The molecule has 0 aromatic heterocycles. The molecule has 0 aromatic rings. The van der Waals surface area contributed by atoms with Crippen molar-refractivity contribution in [1.29, 1.82) is 0 Å². The maximum Gasteiger partial charge on any atom is 0.0261 e. The molecule has 0 bridgehead atoms. The van der Waals surface area contributed by atoms with Crippen molar-refractivity contribution in [2.24, 2.45) is 5.92 Å². The highest BCUT2D eigenvalue weighted by molar-refractivity contribution is 6.18. The molecule has 2 heteroatoms. The van der Waals surface area contributed by atoms with Gasteiger partial charge in [0.05, 0.1) is 0 Å². The normalized spacial score (nSPS) is 14.1. The van der Waals surface area contributed by atoms with Gasteiger partial charge in [0.25, 0.3) is 0 Å². The summed E-state index contributed by atoms with van der Waals surface area (Å²) < 4.78 is 0. The number of hydrogen-bond donors (Lipinski definition) is 0. The predicted octanol–water partition coefficient (Wildman–Crippen LogP) is 2.20. The molecule has 62 valence electrons.